The van der Waals surface area contributed by atoms with E-state index < -0.39 is 18.0 Å². The van der Waals surface area contributed by atoms with Crippen molar-refractivity contribution in [1.82, 2.24) is 4.90 Å². The summed E-state index contributed by atoms with van der Waals surface area (Å²) < 4.78 is 10.3. The second-order valence-electron chi connectivity index (χ2n) is 7.28. The van der Waals surface area contributed by atoms with E-state index in [2.05, 4.69) is 0 Å². The predicted molar refractivity (Wildman–Crippen MR) is 110 cm³/mol. The van der Waals surface area contributed by atoms with Gasteiger partial charge >= 0.3 is 12.1 Å². The number of methoxy groups -OCH3 is 1. The standard InChI is InChI=1S/C23H25NO6/c1-3-17(11-16-9-10-20(29-2)19(13-16)22(26)27)21(25)24-18(14-30-23(24)28)12-15-7-5-4-6-8-15/h4-10,13,17-18H,3,11-12,14H2,1-2H3,(H,26,27). The van der Waals surface area contributed by atoms with Gasteiger partial charge in [0.2, 0.25) is 5.91 Å². The van der Waals surface area contributed by atoms with Crippen molar-refractivity contribution >= 4 is 18.0 Å². The average molecular weight is 411 g/mol. The van der Waals surface area contributed by atoms with Crippen LogP contribution in [0.15, 0.2) is 48.5 Å². The summed E-state index contributed by atoms with van der Waals surface area (Å²) in [5.41, 5.74) is 1.76. The molecule has 1 aliphatic rings. The second kappa shape index (κ2) is 9.43. The van der Waals surface area contributed by atoms with Crippen LogP contribution < -0.4 is 4.74 Å². The van der Waals surface area contributed by atoms with Gasteiger partial charge in [0.25, 0.3) is 0 Å². The molecule has 0 aliphatic carbocycles. The Labute approximate surface area is 175 Å². The highest BCUT2D eigenvalue weighted by Gasteiger charge is 2.40. The molecule has 158 valence electrons. The summed E-state index contributed by atoms with van der Waals surface area (Å²) in [6.07, 6.45) is 0.733. The van der Waals surface area contributed by atoms with Crippen molar-refractivity contribution in [3.63, 3.8) is 0 Å². The van der Waals surface area contributed by atoms with Gasteiger partial charge in [-0.3, -0.25) is 4.79 Å². The van der Waals surface area contributed by atoms with Crippen LogP contribution in [0.1, 0.15) is 34.8 Å². The number of rotatable bonds is 8. The first kappa shape index (κ1) is 21.4. The maximum absolute atomic E-state index is 13.2. The van der Waals surface area contributed by atoms with Crippen LogP contribution in [0.2, 0.25) is 0 Å². The van der Waals surface area contributed by atoms with Gasteiger partial charge < -0.3 is 14.6 Å². The topological polar surface area (TPSA) is 93.1 Å². The number of ether oxygens (including phenoxy) is 2. The average Bonchev–Trinajstić information content (AvgIpc) is 3.11. The lowest BCUT2D eigenvalue weighted by molar-refractivity contribution is -0.133. The Morgan fingerprint density at radius 2 is 1.93 bits per heavy atom. The van der Waals surface area contributed by atoms with Crippen LogP contribution in [0, 0.1) is 5.92 Å². The van der Waals surface area contributed by atoms with Crippen LogP contribution in [-0.2, 0) is 22.4 Å². The van der Waals surface area contributed by atoms with E-state index >= 15 is 0 Å². The number of carboxylic acid groups (broad SMARTS) is 1. The number of carbonyl (C=O) groups excluding carboxylic acids is 2. The molecule has 1 aliphatic heterocycles. The van der Waals surface area contributed by atoms with Gasteiger partial charge in [0.05, 0.1) is 13.2 Å². The number of amides is 2. The van der Waals surface area contributed by atoms with E-state index in [-0.39, 0.29) is 29.9 Å². The first-order chi connectivity index (χ1) is 14.4. The van der Waals surface area contributed by atoms with E-state index in [1.165, 1.54) is 18.1 Å². The molecule has 0 saturated carbocycles. The SMILES string of the molecule is CCC(Cc1ccc(OC)c(C(=O)O)c1)C(=O)N1C(=O)OCC1Cc1ccccc1. The number of hydrogen-bond acceptors (Lipinski definition) is 5. The normalized spacial score (nSPS) is 16.8. The number of benzene rings is 2. The van der Waals surface area contributed by atoms with E-state index in [9.17, 15) is 19.5 Å². The molecule has 0 bridgehead atoms. The van der Waals surface area contributed by atoms with Gasteiger partial charge in [-0.1, -0.05) is 43.3 Å². The zero-order valence-corrected chi connectivity index (χ0v) is 17.0. The summed E-state index contributed by atoms with van der Waals surface area (Å²) >= 11 is 0. The monoisotopic (exact) mass is 411 g/mol. The molecule has 7 nitrogen and oxygen atoms in total. The summed E-state index contributed by atoms with van der Waals surface area (Å²) in [6, 6.07) is 14.1. The summed E-state index contributed by atoms with van der Waals surface area (Å²) in [6.45, 7) is 2.04. The van der Waals surface area contributed by atoms with E-state index in [4.69, 9.17) is 9.47 Å². The third-order valence-electron chi connectivity index (χ3n) is 5.33. The molecule has 0 spiro atoms. The van der Waals surface area contributed by atoms with Crippen molar-refractivity contribution in [3.05, 3.63) is 65.2 Å². The second-order valence-corrected chi connectivity index (χ2v) is 7.28. The predicted octanol–water partition coefficient (Wildman–Crippen LogP) is 3.55. The maximum atomic E-state index is 13.2. The Bertz CT molecular complexity index is 927. The Kier molecular flexibility index (Phi) is 6.72. The molecular formula is C23H25NO6. The first-order valence-electron chi connectivity index (χ1n) is 9.88. The van der Waals surface area contributed by atoms with E-state index in [0.717, 1.165) is 5.56 Å². The van der Waals surface area contributed by atoms with Crippen molar-refractivity contribution in [2.24, 2.45) is 5.92 Å². The maximum Gasteiger partial charge on any atom is 0.416 e. The van der Waals surface area contributed by atoms with E-state index in [0.29, 0.717) is 24.8 Å². The number of carbonyl (C=O) groups is 3. The van der Waals surface area contributed by atoms with Crippen molar-refractivity contribution in [1.29, 1.82) is 0 Å². The highest BCUT2D eigenvalue weighted by molar-refractivity contribution is 5.95. The number of carboxylic acids is 1. The Morgan fingerprint density at radius 1 is 1.20 bits per heavy atom. The molecule has 2 atom stereocenters. The molecular weight excluding hydrogens is 386 g/mol. The van der Waals surface area contributed by atoms with Gasteiger partial charge in [0.1, 0.15) is 17.9 Å². The van der Waals surface area contributed by atoms with Gasteiger partial charge in [-0.25, -0.2) is 14.5 Å². The smallest absolute Gasteiger partial charge is 0.416 e. The minimum Gasteiger partial charge on any atom is -0.496 e. The summed E-state index contributed by atoms with van der Waals surface area (Å²) in [7, 11) is 1.41. The number of imide groups is 1. The summed E-state index contributed by atoms with van der Waals surface area (Å²) in [4.78, 5) is 38.2. The van der Waals surface area contributed by atoms with Gasteiger partial charge in [-0.15, -0.1) is 0 Å². The van der Waals surface area contributed by atoms with Gasteiger partial charge in [-0.2, -0.15) is 0 Å². The fourth-order valence-electron chi connectivity index (χ4n) is 3.70. The molecule has 2 aromatic carbocycles. The van der Waals surface area contributed by atoms with Crippen LogP contribution in [0.4, 0.5) is 4.79 Å². The minimum atomic E-state index is -1.10. The quantitative estimate of drug-likeness (QED) is 0.714. The fraction of sp³-hybridized carbons (Fsp3) is 0.348. The highest BCUT2D eigenvalue weighted by Crippen LogP contribution is 2.26. The summed E-state index contributed by atoms with van der Waals surface area (Å²) in [5, 5.41) is 9.39. The van der Waals surface area contributed by atoms with Crippen molar-refractivity contribution in [3.8, 4) is 5.75 Å². The van der Waals surface area contributed by atoms with Gasteiger partial charge in [0, 0.05) is 5.92 Å². The van der Waals surface area contributed by atoms with Crippen molar-refractivity contribution in [2.45, 2.75) is 32.2 Å². The fourth-order valence-corrected chi connectivity index (χ4v) is 3.70. The van der Waals surface area contributed by atoms with Crippen LogP contribution in [0.3, 0.4) is 0 Å². The van der Waals surface area contributed by atoms with E-state index in [1.54, 1.807) is 12.1 Å². The molecule has 2 unspecified atom stereocenters. The van der Waals surface area contributed by atoms with Gasteiger partial charge in [0.15, 0.2) is 0 Å². The number of hydrogen-bond donors (Lipinski definition) is 1. The molecule has 1 fully saturated rings. The third-order valence-corrected chi connectivity index (χ3v) is 5.33. The molecule has 1 saturated heterocycles. The van der Waals surface area contributed by atoms with Crippen molar-refractivity contribution < 1.29 is 29.0 Å². The molecule has 1 N–H and O–H groups in total. The molecule has 1 heterocycles. The van der Waals surface area contributed by atoms with Crippen molar-refractivity contribution in [2.75, 3.05) is 13.7 Å². The largest absolute Gasteiger partial charge is 0.496 e. The number of nitrogens with zero attached hydrogens (tertiary/aromatic N) is 1. The van der Waals surface area contributed by atoms with Crippen LogP contribution in [-0.4, -0.2) is 47.7 Å². The molecule has 2 amide bonds. The first-order valence-corrected chi connectivity index (χ1v) is 9.88. The number of aromatic carboxylic acids is 1. The van der Waals surface area contributed by atoms with Gasteiger partial charge in [-0.05, 0) is 42.5 Å². The lowest BCUT2D eigenvalue weighted by Crippen LogP contribution is -2.44. The highest BCUT2D eigenvalue weighted by atomic mass is 16.6. The molecule has 2 aromatic rings. The lowest BCUT2D eigenvalue weighted by atomic mass is 9.93. The molecule has 3 rings (SSSR count). The zero-order valence-electron chi connectivity index (χ0n) is 17.0. The van der Waals surface area contributed by atoms with Crippen LogP contribution in [0.25, 0.3) is 0 Å². The molecule has 0 radical (unpaired) electrons. The Balaban J connectivity index is 1.78. The Morgan fingerprint density at radius 3 is 2.57 bits per heavy atom. The lowest BCUT2D eigenvalue weighted by Gasteiger charge is -2.24. The molecule has 30 heavy (non-hydrogen) atoms. The Hall–Kier alpha value is -3.35. The summed E-state index contributed by atoms with van der Waals surface area (Å²) in [5.74, 6) is -1.60. The van der Waals surface area contributed by atoms with Crippen LogP contribution in [0.5, 0.6) is 5.75 Å². The van der Waals surface area contributed by atoms with E-state index in [1.807, 2.05) is 37.3 Å². The van der Waals surface area contributed by atoms with Crippen LogP contribution >= 0.6 is 0 Å². The zero-order chi connectivity index (χ0) is 21.7. The molecule has 7 heteroatoms. The minimum absolute atomic E-state index is 0.0415. The number of cyclic esters (lactones) is 1. The third kappa shape index (κ3) is 4.62. The molecule has 0 aromatic heterocycles.